The molecule has 0 radical (unpaired) electrons. The smallest absolute Gasteiger partial charge is 0.226 e. The number of aryl methyl sites for hydroxylation is 2. The Bertz CT molecular complexity index is 572. The van der Waals surface area contributed by atoms with Crippen molar-refractivity contribution in [2.75, 3.05) is 5.73 Å². The van der Waals surface area contributed by atoms with Crippen LogP contribution in [0.5, 0.6) is 0 Å². The molecule has 114 valence electrons. The Morgan fingerprint density at radius 1 is 1.24 bits per heavy atom. The van der Waals surface area contributed by atoms with E-state index in [1.165, 1.54) is 37.0 Å². The predicted octanol–water partition coefficient (Wildman–Crippen LogP) is 3.58. The number of nitrogen functional groups attached to an aromatic ring is 1. The summed E-state index contributed by atoms with van der Waals surface area (Å²) in [4.78, 5) is 8.83. The Balaban J connectivity index is 1.48. The van der Waals surface area contributed by atoms with Gasteiger partial charge in [-0.1, -0.05) is 24.9 Å². The van der Waals surface area contributed by atoms with E-state index in [9.17, 15) is 0 Å². The summed E-state index contributed by atoms with van der Waals surface area (Å²) in [5.74, 6) is 3.01. The molecular formula is C15H22N4OS. The summed E-state index contributed by atoms with van der Waals surface area (Å²) in [5, 5.41) is 6.82. The van der Waals surface area contributed by atoms with Gasteiger partial charge in [-0.15, -0.1) is 11.3 Å². The van der Waals surface area contributed by atoms with Gasteiger partial charge in [-0.25, -0.2) is 4.98 Å². The summed E-state index contributed by atoms with van der Waals surface area (Å²) in [5.41, 5.74) is 6.68. The molecule has 0 spiro atoms. The molecule has 1 saturated carbocycles. The van der Waals surface area contributed by atoms with Crippen LogP contribution in [0, 0.1) is 5.92 Å². The van der Waals surface area contributed by atoms with Gasteiger partial charge in [0.25, 0.3) is 0 Å². The molecule has 0 atom stereocenters. The highest BCUT2D eigenvalue weighted by Crippen LogP contribution is 2.34. The number of hydrogen-bond donors (Lipinski definition) is 1. The molecule has 5 nitrogen and oxygen atoms in total. The van der Waals surface area contributed by atoms with Crippen LogP contribution < -0.4 is 5.73 Å². The van der Waals surface area contributed by atoms with E-state index in [-0.39, 0.29) is 0 Å². The molecule has 0 amide bonds. The highest BCUT2D eigenvalue weighted by atomic mass is 32.1. The van der Waals surface area contributed by atoms with Gasteiger partial charge in [0.15, 0.2) is 11.0 Å². The van der Waals surface area contributed by atoms with Crippen molar-refractivity contribution in [2.24, 2.45) is 5.92 Å². The third kappa shape index (κ3) is 3.81. The van der Waals surface area contributed by atoms with Crippen molar-refractivity contribution in [3.8, 4) is 0 Å². The lowest BCUT2D eigenvalue weighted by molar-refractivity contribution is 0.323. The third-order valence-corrected chi connectivity index (χ3v) is 4.98. The fourth-order valence-corrected chi connectivity index (χ4v) is 3.51. The summed E-state index contributed by atoms with van der Waals surface area (Å²) < 4.78 is 5.38. The van der Waals surface area contributed by atoms with Crippen molar-refractivity contribution < 1.29 is 4.52 Å². The number of nitrogens with zero attached hydrogens (tertiary/aromatic N) is 3. The number of thiazole rings is 1. The second kappa shape index (κ2) is 6.56. The first-order valence-corrected chi connectivity index (χ1v) is 8.61. The molecule has 0 aromatic carbocycles. The molecule has 21 heavy (non-hydrogen) atoms. The van der Waals surface area contributed by atoms with Crippen molar-refractivity contribution in [3.05, 3.63) is 22.8 Å². The lowest BCUT2D eigenvalue weighted by Gasteiger charge is -2.23. The highest BCUT2D eigenvalue weighted by molar-refractivity contribution is 7.13. The molecule has 0 unspecified atom stereocenters. The van der Waals surface area contributed by atoms with Gasteiger partial charge < -0.3 is 10.3 Å². The van der Waals surface area contributed by atoms with E-state index >= 15 is 0 Å². The number of aromatic nitrogens is 3. The van der Waals surface area contributed by atoms with Crippen LogP contribution in [0.15, 0.2) is 9.90 Å². The predicted molar refractivity (Wildman–Crippen MR) is 83.2 cm³/mol. The molecule has 6 heteroatoms. The molecule has 2 N–H and O–H groups in total. The minimum Gasteiger partial charge on any atom is -0.375 e. The lowest BCUT2D eigenvalue weighted by atomic mass is 9.83. The van der Waals surface area contributed by atoms with Crippen molar-refractivity contribution in [2.45, 2.75) is 57.8 Å². The monoisotopic (exact) mass is 306 g/mol. The Labute approximate surface area is 129 Å². The Morgan fingerprint density at radius 3 is 2.76 bits per heavy atom. The second-order valence-corrected chi connectivity index (χ2v) is 6.92. The van der Waals surface area contributed by atoms with Crippen LogP contribution in [-0.2, 0) is 12.8 Å². The Hall–Kier alpha value is -1.43. The van der Waals surface area contributed by atoms with Crippen LogP contribution in [0.4, 0.5) is 5.13 Å². The fraction of sp³-hybridized carbons (Fsp3) is 0.667. The topological polar surface area (TPSA) is 77.8 Å². The van der Waals surface area contributed by atoms with Crippen molar-refractivity contribution in [1.82, 2.24) is 15.1 Å². The average Bonchev–Trinajstić information content (AvgIpc) is 3.09. The van der Waals surface area contributed by atoms with Crippen molar-refractivity contribution in [1.29, 1.82) is 0 Å². The largest absolute Gasteiger partial charge is 0.375 e. The lowest BCUT2D eigenvalue weighted by Crippen LogP contribution is -2.12. The fourth-order valence-electron chi connectivity index (χ4n) is 2.91. The summed E-state index contributed by atoms with van der Waals surface area (Å²) in [6.07, 6.45) is 7.63. The molecule has 0 aliphatic heterocycles. The first kappa shape index (κ1) is 14.5. The van der Waals surface area contributed by atoms with Gasteiger partial charge in [-0.3, -0.25) is 0 Å². The number of hydrogen-bond acceptors (Lipinski definition) is 6. The van der Waals surface area contributed by atoms with Gasteiger partial charge in [0.1, 0.15) is 0 Å². The maximum Gasteiger partial charge on any atom is 0.226 e. The molecule has 2 aromatic heterocycles. The third-order valence-electron chi connectivity index (χ3n) is 4.26. The van der Waals surface area contributed by atoms with E-state index in [4.69, 9.17) is 10.3 Å². The van der Waals surface area contributed by atoms with Gasteiger partial charge >= 0.3 is 0 Å². The SMILES string of the molecule is CC1CCC(c2noc(CCCc3csc(N)n3)n2)CC1. The molecule has 0 saturated heterocycles. The molecule has 1 aliphatic carbocycles. The summed E-state index contributed by atoms with van der Waals surface area (Å²) in [7, 11) is 0. The summed E-state index contributed by atoms with van der Waals surface area (Å²) in [6.45, 7) is 2.32. The van der Waals surface area contributed by atoms with Gasteiger partial charge in [0, 0.05) is 17.7 Å². The number of rotatable bonds is 5. The first-order valence-electron chi connectivity index (χ1n) is 7.73. The van der Waals surface area contributed by atoms with Crippen molar-refractivity contribution >= 4 is 16.5 Å². The first-order chi connectivity index (χ1) is 10.2. The van der Waals surface area contributed by atoms with Crippen LogP contribution in [0.3, 0.4) is 0 Å². The van der Waals surface area contributed by atoms with Crippen molar-refractivity contribution in [3.63, 3.8) is 0 Å². The summed E-state index contributed by atoms with van der Waals surface area (Å²) >= 11 is 1.49. The summed E-state index contributed by atoms with van der Waals surface area (Å²) in [6, 6.07) is 0. The minimum absolute atomic E-state index is 0.497. The normalized spacial score (nSPS) is 22.5. The van der Waals surface area contributed by atoms with Gasteiger partial charge in [-0.2, -0.15) is 4.98 Å². The highest BCUT2D eigenvalue weighted by Gasteiger charge is 2.23. The van der Waals surface area contributed by atoms with Crippen LogP contribution in [0.1, 0.15) is 62.4 Å². The zero-order chi connectivity index (χ0) is 14.7. The van der Waals surface area contributed by atoms with E-state index in [1.54, 1.807) is 0 Å². The molecule has 2 aromatic rings. The molecule has 1 fully saturated rings. The van der Waals surface area contributed by atoms with E-state index < -0.39 is 0 Å². The quantitative estimate of drug-likeness (QED) is 0.913. The zero-order valence-electron chi connectivity index (χ0n) is 12.4. The van der Waals surface area contributed by atoms with E-state index in [0.717, 1.165) is 42.6 Å². The van der Waals surface area contributed by atoms with Gasteiger partial charge in [0.2, 0.25) is 5.89 Å². The Kier molecular flexibility index (Phi) is 4.53. The van der Waals surface area contributed by atoms with Crippen LogP contribution in [0.2, 0.25) is 0 Å². The van der Waals surface area contributed by atoms with Crippen LogP contribution in [0.25, 0.3) is 0 Å². The maximum absolute atomic E-state index is 5.62. The van der Waals surface area contributed by atoms with Gasteiger partial charge in [0.05, 0.1) is 5.69 Å². The maximum atomic E-state index is 5.62. The molecule has 0 bridgehead atoms. The van der Waals surface area contributed by atoms with E-state index in [0.29, 0.717) is 11.0 Å². The van der Waals surface area contributed by atoms with Crippen LogP contribution >= 0.6 is 11.3 Å². The number of anilines is 1. The van der Waals surface area contributed by atoms with Gasteiger partial charge in [-0.05, 0) is 31.6 Å². The molecule has 1 aliphatic rings. The van der Waals surface area contributed by atoms with E-state index in [1.807, 2.05) is 5.38 Å². The van der Waals surface area contributed by atoms with Crippen LogP contribution in [-0.4, -0.2) is 15.1 Å². The Morgan fingerprint density at radius 2 is 2.05 bits per heavy atom. The molecule has 2 heterocycles. The average molecular weight is 306 g/mol. The number of nitrogens with two attached hydrogens (primary N) is 1. The zero-order valence-corrected chi connectivity index (χ0v) is 13.2. The molecule has 3 rings (SSSR count). The minimum atomic E-state index is 0.497. The van der Waals surface area contributed by atoms with E-state index in [2.05, 4.69) is 22.0 Å². The molecular weight excluding hydrogens is 284 g/mol. The standard InChI is InChI=1S/C15H22N4OS/c1-10-5-7-11(8-6-10)14-18-13(20-19-14)4-2-3-12-9-21-15(16)17-12/h9-11H,2-8H2,1H3,(H2,16,17). The second-order valence-electron chi connectivity index (χ2n) is 6.03.